The zero-order chi connectivity index (χ0) is 16.3. The lowest BCUT2D eigenvalue weighted by Gasteiger charge is -2.32. The van der Waals surface area contributed by atoms with E-state index in [-0.39, 0.29) is 23.3 Å². The number of esters is 1. The van der Waals surface area contributed by atoms with Crippen LogP contribution in [0, 0.1) is 5.82 Å². The van der Waals surface area contributed by atoms with Gasteiger partial charge in [0, 0.05) is 6.54 Å². The highest BCUT2D eigenvalue weighted by Gasteiger charge is 2.46. The summed E-state index contributed by atoms with van der Waals surface area (Å²) in [7, 11) is 1.29. The predicted molar refractivity (Wildman–Crippen MR) is 78.3 cm³/mol. The van der Waals surface area contributed by atoms with Crippen LogP contribution in [0.25, 0.3) is 0 Å². The average Bonchev–Trinajstić information content (AvgIpc) is 2.88. The SMILES string of the molecule is COC(=O)[C@]1(C)CCCN1C(=O)COc1ccc(F)cc1Cl. The fraction of sp³-hybridized carbons (Fsp3) is 0.467. The molecule has 0 aliphatic carbocycles. The smallest absolute Gasteiger partial charge is 0.331 e. The van der Waals surface area contributed by atoms with E-state index >= 15 is 0 Å². The van der Waals surface area contributed by atoms with Crippen molar-refractivity contribution in [2.75, 3.05) is 20.3 Å². The third-order valence-corrected chi connectivity index (χ3v) is 4.11. The van der Waals surface area contributed by atoms with Gasteiger partial charge in [0.2, 0.25) is 0 Å². The zero-order valence-corrected chi connectivity index (χ0v) is 13.2. The Morgan fingerprint density at radius 3 is 2.82 bits per heavy atom. The first kappa shape index (κ1) is 16.5. The lowest BCUT2D eigenvalue weighted by molar-refractivity contribution is -0.158. The van der Waals surface area contributed by atoms with Gasteiger partial charge >= 0.3 is 5.97 Å². The van der Waals surface area contributed by atoms with E-state index in [1.165, 1.54) is 24.1 Å². The number of nitrogens with zero attached hydrogens (tertiary/aromatic N) is 1. The number of likely N-dealkylation sites (tertiary alicyclic amines) is 1. The summed E-state index contributed by atoms with van der Waals surface area (Å²) in [6.07, 6.45) is 1.26. The van der Waals surface area contributed by atoms with Gasteiger partial charge in [-0.15, -0.1) is 0 Å². The van der Waals surface area contributed by atoms with Crippen LogP contribution in [0.3, 0.4) is 0 Å². The zero-order valence-electron chi connectivity index (χ0n) is 12.4. The summed E-state index contributed by atoms with van der Waals surface area (Å²) in [6.45, 7) is 1.86. The van der Waals surface area contributed by atoms with Crippen LogP contribution in [0.1, 0.15) is 19.8 Å². The topological polar surface area (TPSA) is 55.8 Å². The first-order chi connectivity index (χ1) is 10.4. The van der Waals surface area contributed by atoms with Crippen molar-refractivity contribution >= 4 is 23.5 Å². The molecule has 1 fully saturated rings. The Morgan fingerprint density at radius 1 is 1.45 bits per heavy atom. The fourth-order valence-corrected chi connectivity index (χ4v) is 2.83. The van der Waals surface area contributed by atoms with Crippen molar-refractivity contribution in [1.82, 2.24) is 4.90 Å². The van der Waals surface area contributed by atoms with Gasteiger partial charge in [-0.1, -0.05) is 11.6 Å². The number of methoxy groups -OCH3 is 1. The highest BCUT2D eigenvalue weighted by Crippen LogP contribution is 2.31. The number of hydrogen-bond donors (Lipinski definition) is 0. The minimum absolute atomic E-state index is 0.0879. The summed E-state index contributed by atoms with van der Waals surface area (Å²) >= 11 is 5.84. The monoisotopic (exact) mass is 329 g/mol. The number of ether oxygens (including phenoxy) is 2. The Morgan fingerprint density at radius 2 is 2.18 bits per heavy atom. The number of hydrogen-bond acceptors (Lipinski definition) is 4. The molecule has 1 aromatic rings. The van der Waals surface area contributed by atoms with Crippen LogP contribution >= 0.6 is 11.6 Å². The lowest BCUT2D eigenvalue weighted by Crippen LogP contribution is -2.52. The Kier molecular flexibility index (Phi) is 4.90. The normalized spacial score (nSPS) is 20.8. The molecule has 22 heavy (non-hydrogen) atoms. The molecular weight excluding hydrogens is 313 g/mol. The minimum Gasteiger partial charge on any atom is -0.482 e. The summed E-state index contributed by atoms with van der Waals surface area (Å²) < 4.78 is 23.1. The van der Waals surface area contributed by atoms with Crippen molar-refractivity contribution in [3.8, 4) is 5.75 Å². The van der Waals surface area contributed by atoms with Crippen LogP contribution < -0.4 is 4.74 Å². The van der Waals surface area contributed by atoms with E-state index in [1.54, 1.807) is 6.92 Å². The van der Waals surface area contributed by atoms with Crippen LogP contribution in [0.15, 0.2) is 18.2 Å². The molecule has 0 radical (unpaired) electrons. The number of amides is 1. The van der Waals surface area contributed by atoms with E-state index in [1.807, 2.05) is 0 Å². The van der Waals surface area contributed by atoms with Crippen molar-refractivity contribution in [2.24, 2.45) is 0 Å². The molecule has 2 rings (SSSR count). The van der Waals surface area contributed by atoms with E-state index < -0.39 is 17.3 Å². The third kappa shape index (κ3) is 3.16. The minimum atomic E-state index is -0.970. The molecule has 1 amide bonds. The first-order valence-electron chi connectivity index (χ1n) is 6.85. The van der Waals surface area contributed by atoms with Crippen molar-refractivity contribution in [3.05, 3.63) is 29.0 Å². The highest BCUT2D eigenvalue weighted by atomic mass is 35.5. The van der Waals surface area contributed by atoms with Crippen molar-refractivity contribution in [2.45, 2.75) is 25.3 Å². The molecule has 0 N–H and O–H groups in total. The molecule has 0 spiro atoms. The fourth-order valence-electron chi connectivity index (χ4n) is 2.60. The number of benzene rings is 1. The Balaban J connectivity index is 2.04. The summed E-state index contributed by atoms with van der Waals surface area (Å²) in [5.74, 6) is -1.05. The van der Waals surface area contributed by atoms with E-state index in [0.717, 1.165) is 6.07 Å². The van der Waals surface area contributed by atoms with Crippen molar-refractivity contribution in [3.63, 3.8) is 0 Å². The number of rotatable bonds is 4. The molecule has 0 unspecified atom stereocenters. The molecular formula is C15H17ClFNO4. The van der Waals surface area contributed by atoms with Crippen LogP contribution in [-0.2, 0) is 14.3 Å². The van der Waals surface area contributed by atoms with E-state index in [0.29, 0.717) is 19.4 Å². The standard InChI is InChI=1S/C15H17ClFNO4/c1-15(14(20)21-2)6-3-7-18(15)13(19)9-22-12-5-4-10(17)8-11(12)16/h4-5,8H,3,6-7,9H2,1-2H3/t15-/m0/s1. The summed E-state index contributed by atoms with van der Waals surface area (Å²) in [5, 5.41) is 0.0879. The van der Waals surface area contributed by atoms with Crippen molar-refractivity contribution < 1.29 is 23.5 Å². The van der Waals surface area contributed by atoms with Crippen LogP contribution in [0.2, 0.25) is 5.02 Å². The van der Waals surface area contributed by atoms with E-state index in [9.17, 15) is 14.0 Å². The van der Waals surface area contributed by atoms with Crippen LogP contribution in [0.4, 0.5) is 4.39 Å². The molecule has 1 saturated heterocycles. The second-order valence-corrected chi connectivity index (χ2v) is 5.68. The van der Waals surface area contributed by atoms with Gasteiger partial charge in [-0.3, -0.25) is 4.79 Å². The lowest BCUT2D eigenvalue weighted by atomic mass is 9.99. The molecule has 120 valence electrons. The average molecular weight is 330 g/mol. The molecule has 7 heteroatoms. The predicted octanol–water partition coefficient (Wildman–Crippen LogP) is 2.41. The molecule has 1 aliphatic rings. The summed E-state index contributed by atoms with van der Waals surface area (Å²) in [5.41, 5.74) is -0.970. The van der Waals surface area contributed by atoms with Crippen LogP contribution in [0.5, 0.6) is 5.75 Å². The van der Waals surface area contributed by atoms with E-state index in [2.05, 4.69) is 0 Å². The molecule has 1 atom stereocenters. The maximum absolute atomic E-state index is 13.0. The van der Waals surface area contributed by atoms with Gasteiger partial charge in [0.15, 0.2) is 6.61 Å². The Bertz CT molecular complexity index is 595. The van der Waals surface area contributed by atoms with Gasteiger partial charge in [0.25, 0.3) is 5.91 Å². The molecule has 0 aromatic heterocycles. The third-order valence-electron chi connectivity index (χ3n) is 3.81. The van der Waals surface area contributed by atoms with Crippen molar-refractivity contribution in [1.29, 1.82) is 0 Å². The molecule has 1 aromatic carbocycles. The van der Waals surface area contributed by atoms with Gasteiger partial charge in [0.1, 0.15) is 17.1 Å². The van der Waals surface area contributed by atoms with E-state index in [4.69, 9.17) is 21.1 Å². The Hall–Kier alpha value is -1.82. The first-order valence-corrected chi connectivity index (χ1v) is 7.23. The second-order valence-electron chi connectivity index (χ2n) is 5.28. The second kappa shape index (κ2) is 6.52. The molecule has 0 saturated carbocycles. The summed E-state index contributed by atoms with van der Waals surface area (Å²) in [6, 6.07) is 3.66. The number of carbonyl (C=O) groups is 2. The molecule has 1 aliphatic heterocycles. The highest BCUT2D eigenvalue weighted by molar-refractivity contribution is 6.32. The van der Waals surface area contributed by atoms with Gasteiger partial charge in [-0.05, 0) is 38.0 Å². The molecule has 5 nitrogen and oxygen atoms in total. The Labute approximate surface area is 132 Å². The van der Waals surface area contributed by atoms with Crippen LogP contribution in [-0.4, -0.2) is 42.6 Å². The van der Waals surface area contributed by atoms with Gasteiger partial charge in [0.05, 0.1) is 12.1 Å². The number of carbonyl (C=O) groups excluding carboxylic acids is 2. The quantitative estimate of drug-likeness (QED) is 0.796. The summed E-state index contributed by atoms with van der Waals surface area (Å²) in [4.78, 5) is 25.7. The van der Waals surface area contributed by atoms with Gasteiger partial charge < -0.3 is 14.4 Å². The largest absolute Gasteiger partial charge is 0.482 e. The van der Waals surface area contributed by atoms with Gasteiger partial charge in [-0.25, -0.2) is 9.18 Å². The van der Waals surface area contributed by atoms with Gasteiger partial charge in [-0.2, -0.15) is 0 Å². The maximum atomic E-state index is 13.0. The number of halogens is 2. The molecule has 0 bridgehead atoms. The molecule has 1 heterocycles. The maximum Gasteiger partial charge on any atom is 0.331 e.